The summed E-state index contributed by atoms with van der Waals surface area (Å²) >= 11 is 0. The van der Waals surface area contributed by atoms with Gasteiger partial charge in [-0.15, -0.1) is 0 Å². The molecule has 1 aliphatic carbocycles. The SMILES string of the molecule is COC1(C)CC(C)CN(C)C([C@H](O)C2CCN(CC3CC3)CC2)COC(=O)C(C)(C)C(=O)C(C)C1O[C@@H]1O[C@H](C)C[C@H](N(C)C)[C@H]1O. The highest BCUT2D eigenvalue weighted by Crippen LogP contribution is 2.39. The zero-order valence-electron chi connectivity index (χ0n) is 30.8. The molecule has 10 atom stereocenters. The molecule has 3 saturated heterocycles. The minimum absolute atomic E-state index is 0.00396. The molecule has 4 fully saturated rings. The lowest BCUT2D eigenvalue weighted by Crippen LogP contribution is -2.59. The van der Waals surface area contributed by atoms with Crippen LogP contribution in [-0.4, -0.2) is 146 Å². The molecule has 0 aromatic heterocycles. The highest BCUT2D eigenvalue weighted by Gasteiger charge is 2.52. The average Bonchev–Trinajstić information content (AvgIpc) is 3.83. The fourth-order valence-electron chi connectivity index (χ4n) is 8.38. The third kappa shape index (κ3) is 9.14. The molecule has 0 radical (unpaired) electrons. The van der Waals surface area contributed by atoms with Gasteiger partial charge in [-0.25, -0.2) is 0 Å². The van der Waals surface area contributed by atoms with Gasteiger partial charge in [0.25, 0.3) is 0 Å². The number of Topliss-reactive ketones (excluding diaryl/α,β-unsaturated/α-hetero) is 1. The Labute approximate surface area is 283 Å². The molecule has 272 valence electrons. The maximum Gasteiger partial charge on any atom is 0.319 e. The van der Waals surface area contributed by atoms with Crippen LogP contribution >= 0.6 is 0 Å². The van der Waals surface area contributed by atoms with Crippen LogP contribution in [0.3, 0.4) is 0 Å². The van der Waals surface area contributed by atoms with E-state index in [4.69, 9.17) is 18.9 Å². The second-order valence-corrected chi connectivity index (χ2v) is 16.4. The van der Waals surface area contributed by atoms with E-state index < -0.39 is 53.5 Å². The molecule has 3 aliphatic heterocycles. The normalized spacial score (nSPS) is 39.9. The predicted molar refractivity (Wildman–Crippen MR) is 180 cm³/mol. The quantitative estimate of drug-likeness (QED) is 0.294. The molecule has 1 saturated carbocycles. The number of aliphatic hydroxyl groups excluding tert-OH is 2. The van der Waals surface area contributed by atoms with Gasteiger partial charge in [-0.3, -0.25) is 14.5 Å². The van der Waals surface area contributed by atoms with Crippen LogP contribution in [0.15, 0.2) is 0 Å². The van der Waals surface area contributed by atoms with E-state index in [1.165, 1.54) is 12.8 Å². The number of carbonyl (C=O) groups is 2. The van der Waals surface area contributed by atoms with Crippen molar-refractivity contribution in [3.05, 3.63) is 0 Å². The second kappa shape index (κ2) is 15.8. The number of hydrogen-bond acceptors (Lipinski definition) is 11. The van der Waals surface area contributed by atoms with Crippen LogP contribution in [0.2, 0.25) is 0 Å². The van der Waals surface area contributed by atoms with Crippen molar-refractivity contribution in [2.24, 2.45) is 29.1 Å². The van der Waals surface area contributed by atoms with E-state index in [0.29, 0.717) is 19.4 Å². The Balaban J connectivity index is 1.59. The van der Waals surface area contributed by atoms with Crippen LogP contribution in [0.1, 0.15) is 80.1 Å². The number of piperidine rings is 1. The van der Waals surface area contributed by atoms with Crippen molar-refractivity contribution in [3.8, 4) is 0 Å². The number of methoxy groups -OCH3 is 1. The molecule has 0 amide bonds. The number of likely N-dealkylation sites (tertiary alicyclic amines) is 1. The number of aliphatic hydroxyl groups is 2. The topological polar surface area (TPSA) is 121 Å². The Morgan fingerprint density at radius 3 is 2.28 bits per heavy atom. The van der Waals surface area contributed by atoms with E-state index in [9.17, 15) is 19.8 Å². The minimum Gasteiger partial charge on any atom is -0.463 e. The van der Waals surface area contributed by atoms with Gasteiger partial charge in [0.2, 0.25) is 0 Å². The molecular weight excluding hydrogens is 602 g/mol. The summed E-state index contributed by atoms with van der Waals surface area (Å²) in [6.07, 6.45) is 2.04. The van der Waals surface area contributed by atoms with E-state index in [1.807, 2.05) is 39.9 Å². The van der Waals surface area contributed by atoms with Gasteiger partial charge in [-0.2, -0.15) is 0 Å². The van der Waals surface area contributed by atoms with Gasteiger partial charge in [0.15, 0.2) is 12.1 Å². The smallest absolute Gasteiger partial charge is 0.319 e. The summed E-state index contributed by atoms with van der Waals surface area (Å²) < 4.78 is 24.9. The van der Waals surface area contributed by atoms with Crippen molar-refractivity contribution in [1.29, 1.82) is 0 Å². The van der Waals surface area contributed by atoms with Crippen LogP contribution in [0.25, 0.3) is 0 Å². The van der Waals surface area contributed by atoms with Crippen molar-refractivity contribution < 1.29 is 38.7 Å². The molecule has 4 aliphatic rings. The largest absolute Gasteiger partial charge is 0.463 e. The molecule has 0 bridgehead atoms. The standard InChI is InChI=1S/C36H65N3O8/c1-22-18-36(6,44-10)32(47-33-30(41)27(37(7)8)17-23(2)46-33)24(3)31(42)35(4,5)34(43)45-21-28(38(9)19-22)29(40)26-13-15-39(16-14-26)20-25-11-12-25/h22-30,32-33,40-41H,11-21H2,1-10H3/t22?,23-,24?,27+,28?,29-,30-,32?,33+,36?/m1/s1. The highest BCUT2D eigenvalue weighted by atomic mass is 16.7. The summed E-state index contributed by atoms with van der Waals surface area (Å²) in [4.78, 5) is 34.6. The molecule has 0 aromatic rings. The van der Waals surface area contributed by atoms with Gasteiger partial charge in [-0.05, 0) is 118 Å². The Morgan fingerprint density at radius 2 is 1.70 bits per heavy atom. The first-order valence-corrected chi connectivity index (χ1v) is 18.0. The first-order chi connectivity index (χ1) is 22.0. The molecule has 0 spiro atoms. The number of ether oxygens (including phenoxy) is 4. The van der Waals surface area contributed by atoms with Gasteiger partial charge in [-0.1, -0.05) is 13.8 Å². The Morgan fingerprint density at radius 1 is 1.06 bits per heavy atom. The summed E-state index contributed by atoms with van der Waals surface area (Å²) in [5.74, 6) is -0.744. The molecule has 11 nitrogen and oxygen atoms in total. The van der Waals surface area contributed by atoms with Crippen LogP contribution < -0.4 is 0 Å². The van der Waals surface area contributed by atoms with E-state index in [2.05, 4.69) is 16.7 Å². The number of nitrogens with zero attached hydrogens (tertiary/aromatic N) is 3. The zero-order valence-corrected chi connectivity index (χ0v) is 30.8. The average molecular weight is 668 g/mol. The third-order valence-electron chi connectivity index (χ3n) is 11.6. The number of rotatable bonds is 8. The molecule has 4 rings (SSSR count). The lowest BCUT2D eigenvalue weighted by Gasteiger charge is -2.47. The summed E-state index contributed by atoms with van der Waals surface area (Å²) in [5.41, 5.74) is -2.45. The van der Waals surface area contributed by atoms with E-state index in [-0.39, 0.29) is 36.4 Å². The summed E-state index contributed by atoms with van der Waals surface area (Å²) in [5, 5.41) is 23.1. The van der Waals surface area contributed by atoms with Gasteiger partial charge in [0.05, 0.1) is 30.0 Å². The summed E-state index contributed by atoms with van der Waals surface area (Å²) in [6, 6.07) is -0.604. The molecular formula is C36H65N3O8. The van der Waals surface area contributed by atoms with Crippen molar-refractivity contribution in [1.82, 2.24) is 14.7 Å². The lowest BCUT2D eigenvalue weighted by atomic mass is 9.74. The van der Waals surface area contributed by atoms with E-state index >= 15 is 0 Å². The Hall–Kier alpha value is -1.18. The molecule has 11 heteroatoms. The predicted octanol–water partition coefficient (Wildman–Crippen LogP) is 2.80. The van der Waals surface area contributed by atoms with Crippen LogP contribution in [-0.2, 0) is 28.5 Å². The third-order valence-corrected chi connectivity index (χ3v) is 11.6. The molecule has 0 aromatic carbocycles. The minimum atomic E-state index is -1.48. The van der Waals surface area contributed by atoms with Crippen molar-refractivity contribution in [3.63, 3.8) is 0 Å². The Bertz CT molecular complexity index is 1050. The number of esters is 1. The number of ketones is 1. The number of cyclic esters (lactones) is 1. The van der Waals surface area contributed by atoms with E-state index in [1.54, 1.807) is 27.9 Å². The fraction of sp³-hybridized carbons (Fsp3) is 0.944. The summed E-state index contributed by atoms with van der Waals surface area (Å²) in [6.45, 7) is 14.7. The lowest BCUT2D eigenvalue weighted by molar-refractivity contribution is -0.295. The molecule has 3 heterocycles. The zero-order chi connectivity index (χ0) is 34.8. The van der Waals surface area contributed by atoms with Crippen LogP contribution in [0, 0.1) is 29.1 Å². The van der Waals surface area contributed by atoms with Crippen molar-refractivity contribution in [2.75, 3.05) is 61.0 Å². The van der Waals surface area contributed by atoms with Crippen LogP contribution in [0.4, 0.5) is 0 Å². The van der Waals surface area contributed by atoms with E-state index in [0.717, 1.165) is 38.4 Å². The Kier molecular flexibility index (Phi) is 13.0. The van der Waals surface area contributed by atoms with Gasteiger partial charge < -0.3 is 39.0 Å². The molecule has 47 heavy (non-hydrogen) atoms. The van der Waals surface area contributed by atoms with Crippen molar-refractivity contribution >= 4 is 11.8 Å². The number of carbonyl (C=O) groups excluding carboxylic acids is 2. The van der Waals surface area contributed by atoms with Gasteiger partial charge in [0, 0.05) is 32.2 Å². The van der Waals surface area contributed by atoms with Crippen LogP contribution in [0.5, 0.6) is 0 Å². The number of likely N-dealkylation sites (N-methyl/N-ethyl adjacent to an activating group) is 2. The maximum atomic E-state index is 14.3. The van der Waals surface area contributed by atoms with Gasteiger partial charge >= 0.3 is 5.97 Å². The highest BCUT2D eigenvalue weighted by molar-refractivity contribution is 6.04. The first-order valence-electron chi connectivity index (χ1n) is 18.0. The van der Waals surface area contributed by atoms with Crippen molar-refractivity contribution in [2.45, 2.75) is 128 Å². The monoisotopic (exact) mass is 667 g/mol. The molecule has 5 unspecified atom stereocenters. The fourth-order valence-corrected chi connectivity index (χ4v) is 8.38. The van der Waals surface area contributed by atoms with Gasteiger partial charge in [0.1, 0.15) is 18.1 Å². The first kappa shape index (κ1) is 38.6. The number of hydrogen-bond donors (Lipinski definition) is 2. The summed E-state index contributed by atoms with van der Waals surface area (Å²) in [7, 11) is 7.43. The second-order valence-electron chi connectivity index (χ2n) is 16.4. The molecule has 2 N–H and O–H groups in total. The maximum absolute atomic E-state index is 14.3.